The number of nitrogens with two attached hydrogens (primary N) is 1. The van der Waals surface area contributed by atoms with Gasteiger partial charge in [0.25, 0.3) is 0 Å². The third-order valence-electron chi connectivity index (χ3n) is 2.72. The molecule has 0 aliphatic heterocycles. The van der Waals surface area contributed by atoms with Crippen molar-refractivity contribution in [1.29, 1.82) is 0 Å². The number of anilines is 2. The average molecular weight is 309 g/mol. The lowest BCUT2D eigenvalue weighted by Crippen LogP contribution is -2.17. The molecule has 0 aliphatic carbocycles. The van der Waals surface area contributed by atoms with Crippen LogP contribution in [-0.4, -0.2) is 7.05 Å². The van der Waals surface area contributed by atoms with Crippen LogP contribution in [0.3, 0.4) is 0 Å². The van der Waals surface area contributed by atoms with E-state index in [4.69, 9.17) is 5.73 Å². The molecule has 4 heteroatoms. The Labute approximate surface area is 114 Å². The van der Waals surface area contributed by atoms with E-state index in [1.54, 1.807) is 12.1 Å². The first-order chi connectivity index (χ1) is 8.56. The Morgan fingerprint density at radius 2 is 1.83 bits per heavy atom. The molecule has 0 unspecified atom stereocenters. The molecule has 0 radical (unpaired) electrons. The molecule has 0 saturated heterocycles. The van der Waals surface area contributed by atoms with Gasteiger partial charge >= 0.3 is 0 Å². The van der Waals surface area contributed by atoms with Crippen LogP contribution in [0.25, 0.3) is 0 Å². The summed E-state index contributed by atoms with van der Waals surface area (Å²) < 4.78 is 14.6. The normalized spacial score (nSPS) is 10.4. The summed E-state index contributed by atoms with van der Waals surface area (Å²) in [5, 5.41) is 0. The molecular weight excluding hydrogens is 295 g/mol. The van der Waals surface area contributed by atoms with Crippen LogP contribution < -0.4 is 10.6 Å². The zero-order chi connectivity index (χ0) is 13.1. The van der Waals surface area contributed by atoms with Crippen molar-refractivity contribution < 1.29 is 4.39 Å². The summed E-state index contributed by atoms with van der Waals surface area (Å²) in [5.74, 6) is -0.226. The minimum Gasteiger partial charge on any atom is -0.399 e. The first kappa shape index (κ1) is 12.9. The Balaban J connectivity index is 2.18. The van der Waals surface area contributed by atoms with Crippen LogP contribution in [-0.2, 0) is 6.54 Å². The van der Waals surface area contributed by atoms with E-state index >= 15 is 0 Å². The lowest BCUT2D eigenvalue weighted by Gasteiger charge is -2.20. The monoisotopic (exact) mass is 308 g/mol. The summed E-state index contributed by atoms with van der Waals surface area (Å²) in [6, 6.07) is 12.5. The second kappa shape index (κ2) is 5.40. The standard InChI is InChI=1S/C14H14BrFN2/c1-18(9-10-2-5-12(17)6-3-10)14-8-11(15)4-7-13(14)16/h2-8H,9,17H2,1H3. The van der Waals surface area contributed by atoms with Crippen LogP contribution in [0, 0.1) is 5.82 Å². The molecule has 0 spiro atoms. The highest BCUT2D eigenvalue weighted by Crippen LogP contribution is 2.24. The number of nitrogen functional groups attached to an aromatic ring is 1. The number of hydrogen-bond acceptors (Lipinski definition) is 2. The molecular formula is C14H14BrFN2. The van der Waals surface area contributed by atoms with Crippen LogP contribution in [0.2, 0.25) is 0 Å². The maximum Gasteiger partial charge on any atom is 0.146 e. The topological polar surface area (TPSA) is 29.3 Å². The highest BCUT2D eigenvalue weighted by atomic mass is 79.9. The SMILES string of the molecule is CN(Cc1ccc(N)cc1)c1cc(Br)ccc1F. The molecule has 0 heterocycles. The van der Waals surface area contributed by atoms with E-state index < -0.39 is 0 Å². The molecule has 0 bridgehead atoms. The van der Waals surface area contributed by atoms with Crippen LogP contribution in [0.5, 0.6) is 0 Å². The maximum atomic E-state index is 13.7. The minimum absolute atomic E-state index is 0.226. The predicted molar refractivity (Wildman–Crippen MR) is 77.1 cm³/mol. The van der Waals surface area contributed by atoms with E-state index in [1.165, 1.54) is 6.07 Å². The zero-order valence-electron chi connectivity index (χ0n) is 10.0. The highest BCUT2D eigenvalue weighted by Gasteiger charge is 2.08. The van der Waals surface area contributed by atoms with Crippen molar-refractivity contribution in [1.82, 2.24) is 0 Å². The number of benzene rings is 2. The van der Waals surface area contributed by atoms with E-state index in [2.05, 4.69) is 15.9 Å². The van der Waals surface area contributed by atoms with Crippen molar-refractivity contribution in [3.8, 4) is 0 Å². The second-order valence-electron chi connectivity index (χ2n) is 4.19. The second-order valence-corrected chi connectivity index (χ2v) is 5.11. The summed E-state index contributed by atoms with van der Waals surface area (Å²) in [5.41, 5.74) is 8.02. The van der Waals surface area contributed by atoms with Crippen molar-refractivity contribution in [3.63, 3.8) is 0 Å². The molecule has 2 aromatic rings. The van der Waals surface area contributed by atoms with Gasteiger partial charge in [0.1, 0.15) is 5.82 Å². The number of hydrogen-bond donors (Lipinski definition) is 1. The number of rotatable bonds is 3. The fourth-order valence-corrected chi connectivity index (χ4v) is 2.11. The van der Waals surface area contributed by atoms with E-state index in [1.807, 2.05) is 36.2 Å². The predicted octanol–water partition coefficient (Wildman–Crippen LogP) is 3.81. The third kappa shape index (κ3) is 3.01. The van der Waals surface area contributed by atoms with Gasteiger partial charge in [-0.2, -0.15) is 0 Å². The molecule has 0 amide bonds. The van der Waals surface area contributed by atoms with Crippen molar-refractivity contribution in [2.45, 2.75) is 6.54 Å². The smallest absolute Gasteiger partial charge is 0.146 e. The molecule has 0 aromatic heterocycles. The molecule has 0 fully saturated rings. The molecule has 0 aliphatic rings. The molecule has 2 rings (SSSR count). The molecule has 94 valence electrons. The van der Waals surface area contributed by atoms with Crippen molar-refractivity contribution in [3.05, 3.63) is 58.3 Å². The first-order valence-electron chi connectivity index (χ1n) is 5.57. The van der Waals surface area contributed by atoms with Gasteiger partial charge in [0.05, 0.1) is 5.69 Å². The van der Waals surface area contributed by atoms with Gasteiger partial charge in [-0.15, -0.1) is 0 Å². The van der Waals surface area contributed by atoms with Crippen LogP contribution in [0.4, 0.5) is 15.8 Å². The molecule has 2 nitrogen and oxygen atoms in total. The summed E-state index contributed by atoms with van der Waals surface area (Å²) in [6.45, 7) is 0.633. The van der Waals surface area contributed by atoms with Crippen LogP contribution in [0.15, 0.2) is 46.9 Å². The highest BCUT2D eigenvalue weighted by molar-refractivity contribution is 9.10. The van der Waals surface area contributed by atoms with Gasteiger partial charge in [0, 0.05) is 23.8 Å². The van der Waals surface area contributed by atoms with Gasteiger partial charge in [-0.05, 0) is 35.9 Å². The Kier molecular flexibility index (Phi) is 3.87. The number of nitrogens with zero attached hydrogens (tertiary/aromatic N) is 1. The van der Waals surface area contributed by atoms with Gasteiger partial charge in [-0.3, -0.25) is 0 Å². The lowest BCUT2D eigenvalue weighted by molar-refractivity contribution is 0.622. The molecule has 18 heavy (non-hydrogen) atoms. The Morgan fingerprint density at radius 3 is 2.50 bits per heavy atom. The lowest BCUT2D eigenvalue weighted by atomic mass is 10.2. The van der Waals surface area contributed by atoms with Gasteiger partial charge in [-0.25, -0.2) is 4.39 Å². The fourth-order valence-electron chi connectivity index (χ4n) is 1.76. The molecule has 2 aromatic carbocycles. The average Bonchev–Trinajstić information content (AvgIpc) is 2.35. The van der Waals surface area contributed by atoms with Crippen molar-refractivity contribution >= 4 is 27.3 Å². The van der Waals surface area contributed by atoms with E-state index in [-0.39, 0.29) is 5.82 Å². The molecule has 0 atom stereocenters. The fraction of sp³-hybridized carbons (Fsp3) is 0.143. The van der Waals surface area contributed by atoms with E-state index in [0.29, 0.717) is 12.2 Å². The minimum atomic E-state index is -0.226. The summed E-state index contributed by atoms with van der Waals surface area (Å²) in [6.07, 6.45) is 0. The summed E-state index contributed by atoms with van der Waals surface area (Å²) >= 11 is 3.35. The Bertz CT molecular complexity index is 540. The first-order valence-corrected chi connectivity index (χ1v) is 6.36. The summed E-state index contributed by atoms with van der Waals surface area (Å²) in [4.78, 5) is 1.87. The van der Waals surface area contributed by atoms with Crippen LogP contribution >= 0.6 is 15.9 Å². The Hall–Kier alpha value is -1.55. The zero-order valence-corrected chi connectivity index (χ0v) is 11.6. The van der Waals surface area contributed by atoms with Crippen molar-refractivity contribution in [2.24, 2.45) is 0 Å². The van der Waals surface area contributed by atoms with Gasteiger partial charge < -0.3 is 10.6 Å². The van der Waals surface area contributed by atoms with Gasteiger partial charge in [-0.1, -0.05) is 28.1 Å². The van der Waals surface area contributed by atoms with E-state index in [9.17, 15) is 4.39 Å². The third-order valence-corrected chi connectivity index (χ3v) is 3.21. The van der Waals surface area contributed by atoms with Crippen LogP contribution in [0.1, 0.15) is 5.56 Å². The largest absolute Gasteiger partial charge is 0.399 e. The quantitative estimate of drug-likeness (QED) is 0.874. The Morgan fingerprint density at radius 1 is 1.17 bits per heavy atom. The van der Waals surface area contributed by atoms with Crippen molar-refractivity contribution in [2.75, 3.05) is 17.7 Å². The van der Waals surface area contributed by atoms with E-state index in [0.717, 1.165) is 15.7 Å². The maximum absolute atomic E-state index is 13.7. The van der Waals surface area contributed by atoms with Gasteiger partial charge in [0.2, 0.25) is 0 Å². The van der Waals surface area contributed by atoms with Gasteiger partial charge in [0.15, 0.2) is 0 Å². The number of halogens is 2. The summed E-state index contributed by atoms with van der Waals surface area (Å²) in [7, 11) is 1.86. The molecule has 2 N–H and O–H groups in total. The molecule has 0 saturated carbocycles.